The Morgan fingerprint density at radius 1 is 1.28 bits per heavy atom. The number of ether oxygens (including phenoxy) is 4. The summed E-state index contributed by atoms with van der Waals surface area (Å²) in [6, 6.07) is 5.24. The van der Waals surface area contributed by atoms with Crippen molar-refractivity contribution < 1.29 is 23.7 Å². The van der Waals surface area contributed by atoms with Gasteiger partial charge in [-0.3, -0.25) is 4.79 Å². The summed E-state index contributed by atoms with van der Waals surface area (Å²) in [5, 5.41) is 0. The maximum Gasteiger partial charge on any atom is 0.308 e. The first kappa shape index (κ1) is 12.9. The van der Waals surface area contributed by atoms with Gasteiger partial charge in [0.2, 0.25) is 0 Å². The maximum atomic E-state index is 10.9. The normalized spacial score (nSPS) is 16.3. The van der Waals surface area contributed by atoms with Crippen molar-refractivity contribution in [3.05, 3.63) is 23.8 Å². The van der Waals surface area contributed by atoms with Crippen LogP contribution in [0.3, 0.4) is 0 Å². The highest BCUT2D eigenvalue weighted by Gasteiger charge is 2.18. The topological polar surface area (TPSA) is 54.0 Å². The summed E-state index contributed by atoms with van der Waals surface area (Å²) in [4.78, 5) is 10.9. The molecule has 0 atom stereocenters. The molecule has 5 heteroatoms. The van der Waals surface area contributed by atoms with E-state index in [2.05, 4.69) is 0 Å². The van der Waals surface area contributed by atoms with Crippen LogP contribution in [0.5, 0.6) is 11.5 Å². The van der Waals surface area contributed by atoms with E-state index in [1.54, 1.807) is 18.2 Å². The molecule has 0 N–H and O–H groups in total. The standard InChI is InChI=1S/C13H16O5/c1-9(14)18-11-5-4-10(8-12(11)15-2)13-16-6-3-7-17-13/h4-5,8,13H,3,6-7H2,1-2H3. The highest BCUT2D eigenvalue weighted by Crippen LogP contribution is 2.32. The summed E-state index contributed by atoms with van der Waals surface area (Å²) < 4.78 is 21.2. The van der Waals surface area contributed by atoms with Crippen LogP contribution in [-0.2, 0) is 14.3 Å². The van der Waals surface area contributed by atoms with Crippen LogP contribution in [0.4, 0.5) is 0 Å². The predicted molar refractivity (Wildman–Crippen MR) is 63.6 cm³/mol. The largest absolute Gasteiger partial charge is 0.493 e. The molecule has 1 heterocycles. The van der Waals surface area contributed by atoms with Gasteiger partial charge in [0.1, 0.15) is 0 Å². The van der Waals surface area contributed by atoms with Crippen LogP contribution in [-0.4, -0.2) is 26.3 Å². The van der Waals surface area contributed by atoms with Gasteiger partial charge in [-0.15, -0.1) is 0 Å². The van der Waals surface area contributed by atoms with Crippen molar-refractivity contribution in [2.45, 2.75) is 19.6 Å². The zero-order chi connectivity index (χ0) is 13.0. The summed E-state index contributed by atoms with van der Waals surface area (Å²) in [6.07, 6.45) is 0.526. The van der Waals surface area contributed by atoms with Gasteiger partial charge < -0.3 is 18.9 Å². The maximum absolute atomic E-state index is 10.9. The average Bonchev–Trinajstić information content (AvgIpc) is 2.39. The van der Waals surface area contributed by atoms with Gasteiger partial charge in [-0.2, -0.15) is 0 Å². The van der Waals surface area contributed by atoms with Crippen LogP contribution < -0.4 is 9.47 Å². The van der Waals surface area contributed by atoms with E-state index in [0.717, 1.165) is 12.0 Å². The molecule has 0 saturated carbocycles. The van der Waals surface area contributed by atoms with Crippen molar-refractivity contribution in [2.24, 2.45) is 0 Å². The number of carbonyl (C=O) groups is 1. The van der Waals surface area contributed by atoms with E-state index in [4.69, 9.17) is 18.9 Å². The van der Waals surface area contributed by atoms with E-state index < -0.39 is 0 Å². The molecule has 1 aliphatic rings. The molecule has 0 unspecified atom stereocenters. The molecule has 98 valence electrons. The number of carbonyl (C=O) groups excluding carboxylic acids is 1. The fraction of sp³-hybridized carbons (Fsp3) is 0.462. The Bertz CT molecular complexity index is 423. The minimum Gasteiger partial charge on any atom is -0.493 e. The second-order valence-corrected chi connectivity index (χ2v) is 3.93. The number of esters is 1. The third-order valence-electron chi connectivity index (χ3n) is 2.54. The number of methoxy groups -OCH3 is 1. The van der Waals surface area contributed by atoms with Crippen molar-refractivity contribution >= 4 is 5.97 Å². The molecule has 0 amide bonds. The van der Waals surface area contributed by atoms with Crippen molar-refractivity contribution in [1.82, 2.24) is 0 Å². The lowest BCUT2D eigenvalue weighted by atomic mass is 10.2. The van der Waals surface area contributed by atoms with Gasteiger partial charge in [-0.25, -0.2) is 0 Å². The predicted octanol–water partition coefficient (Wildman–Crippen LogP) is 2.06. The lowest BCUT2D eigenvalue weighted by Crippen LogP contribution is -2.17. The lowest BCUT2D eigenvalue weighted by Gasteiger charge is -2.24. The molecule has 0 aromatic heterocycles. The molecule has 1 aromatic carbocycles. The second kappa shape index (κ2) is 5.84. The van der Waals surface area contributed by atoms with Crippen LogP contribution in [0, 0.1) is 0 Å². The molecule has 18 heavy (non-hydrogen) atoms. The van der Waals surface area contributed by atoms with Crippen LogP contribution in [0.1, 0.15) is 25.2 Å². The van der Waals surface area contributed by atoms with Gasteiger partial charge in [-0.1, -0.05) is 0 Å². The smallest absolute Gasteiger partial charge is 0.308 e. The monoisotopic (exact) mass is 252 g/mol. The molecule has 0 spiro atoms. The second-order valence-electron chi connectivity index (χ2n) is 3.93. The molecular formula is C13H16O5. The first-order chi connectivity index (χ1) is 8.70. The fourth-order valence-electron chi connectivity index (χ4n) is 1.75. The van der Waals surface area contributed by atoms with E-state index >= 15 is 0 Å². The van der Waals surface area contributed by atoms with E-state index in [-0.39, 0.29) is 12.3 Å². The van der Waals surface area contributed by atoms with Gasteiger partial charge >= 0.3 is 5.97 Å². The Morgan fingerprint density at radius 2 is 2.00 bits per heavy atom. The van der Waals surface area contributed by atoms with Crippen molar-refractivity contribution in [2.75, 3.05) is 20.3 Å². The third-order valence-corrected chi connectivity index (χ3v) is 2.54. The van der Waals surface area contributed by atoms with Crippen molar-refractivity contribution in [3.63, 3.8) is 0 Å². The van der Waals surface area contributed by atoms with Gasteiger partial charge in [-0.05, 0) is 24.6 Å². The Balaban J connectivity index is 2.20. The molecule has 5 nitrogen and oxygen atoms in total. The van der Waals surface area contributed by atoms with Gasteiger partial charge in [0.25, 0.3) is 0 Å². The van der Waals surface area contributed by atoms with Gasteiger partial charge in [0.15, 0.2) is 17.8 Å². The Labute approximate surface area is 106 Å². The number of benzene rings is 1. The van der Waals surface area contributed by atoms with Crippen LogP contribution in [0.15, 0.2) is 18.2 Å². The van der Waals surface area contributed by atoms with Crippen LogP contribution in [0.2, 0.25) is 0 Å². The quantitative estimate of drug-likeness (QED) is 0.608. The minimum absolute atomic E-state index is 0.376. The Kier molecular flexibility index (Phi) is 4.17. The third kappa shape index (κ3) is 3.00. The molecule has 2 rings (SSSR count). The first-order valence-electron chi connectivity index (χ1n) is 5.80. The van der Waals surface area contributed by atoms with E-state index in [9.17, 15) is 4.79 Å². The fourth-order valence-corrected chi connectivity index (χ4v) is 1.75. The zero-order valence-electron chi connectivity index (χ0n) is 10.5. The molecule has 1 fully saturated rings. The summed E-state index contributed by atoms with van der Waals surface area (Å²) in [6.45, 7) is 2.71. The van der Waals surface area contributed by atoms with Crippen LogP contribution in [0.25, 0.3) is 0 Å². The van der Waals surface area contributed by atoms with Gasteiger partial charge in [0.05, 0.1) is 20.3 Å². The zero-order valence-corrected chi connectivity index (χ0v) is 10.5. The summed E-state index contributed by atoms with van der Waals surface area (Å²) >= 11 is 0. The van der Waals surface area contributed by atoms with Crippen molar-refractivity contribution in [3.8, 4) is 11.5 Å². The number of hydrogen-bond acceptors (Lipinski definition) is 5. The molecular weight excluding hydrogens is 236 g/mol. The highest BCUT2D eigenvalue weighted by atomic mass is 16.7. The highest BCUT2D eigenvalue weighted by molar-refractivity contribution is 5.70. The van der Waals surface area contributed by atoms with Crippen molar-refractivity contribution in [1.29, 1.82) is 0 Å². The van der Waals surface area contributed by atoms with E-state index in [1.165, 1.54) is 14.0 Å². The van der Waals surface area contributed by atoms with Gasteiger partial charge in [0, 0.05) is 12.5 Å². The molecule has 1 aliphatic heterocycles. The van der Waals surface area contributed by atoms with E-state index in [0.29, 0.717) is 24.7 Å². The first-order valence-corrected chi connectivity index (χ1v) is 5.80. The Morgan fingerprint density at radius 3 is 2.61 bits per heavy atom. The summed E-state index contributed by atoms with van der Waals surface area (Å²) in [7, 11) is 1.52. The van der Waals surface area contributed by atoms with E-state index in [1.807, 2.05) is 0 Å². The van der Waals surface area contributed by atoms with Crippen LogP contribution >= 0.6 is 0 Å². The molecule has 0 bridgehead atoms. The molecule has 0 radical (unpaired) electrons. The average molecular weight is 252 g/mol. The number of rotatable bonds is 3. The minimum atomic E-state index is -0.383. The molecule has 1 aromatic rings. The SMILES string of the molecule is COc1cc(C2OCCCO2)ccc1OC(C)=O. The Hall–Kier alpha value is -1.59. The lowest BCUT2D eigenvalue weighted by molar-refractivity contribution is -0.183. The molecule has 0 aliphatic carbocycles. The summed E-state index contributed by atoms with van der Waals surface area (Å²) in [5.41, 5.74) is 0.849. The molecule has 1 saturated heterocycles. The summed E-state index contributed by atoms with van der Waals surface area (Å²) in [5.74, 6) is 0.497. The number of hydrogen-bond donors (Lipinski definition) is 0.